The van der Waals surface area contributed by atoms with E-state index in [0.29, 0.717) is 23.3 Å². The first kappa shape index (κ1) is 14.3. The van der Waals surface area contributed by atoms with Gasteiger partial charge in [-0.1, -0.05) is 17.7 Å². The number of rotatable bonds is 5. The van der Waals surface area contributed by atoms with Crippen LogP contribution in [0.4, 0.5) is 5.95 Å². The lowest BCUT2D eigenvalue weighted by atomic mass is 10.2. The van der Waals surface area contributed by atoms with Gasteiger partial charge in [-0.05, 0) is 31.5 Å². The molecule has 0 unspecified atom stereocenters. The molecular weight excluding hydrogens is 280 g/mol. The van der Waals surface area contributed by atoms with Crippen molar-refractivity contribution in [2.45, 2.75) is 13.8 Å². The molecule has 0 saturated carbocycles. The molecule has 0 radical (unpaired) electrons. The predicted molar refractivity (Wildman–Crippen MR) is 76.8 cm³/mol. The van der Waals surface area contributed by atoms with E-state index >= 15 is 0 Å². The van der Waals surface area contributed by atoms with E-state index in [-0.39, 0.29) is 12.0 Å². The number of methoxy groups -OCH3 is 1. The van der Waals surface area contributed by atoms with Gasteiger partial charge < -0.3 is 14.8 Å². The van der Waals surface area contributed by atoms with Gasteiger partial charge in [-0.25, -0.2) is 0 Å². The number of hydrogen-bond acceptors (Lipinski definition) is 6. The van der Waals surface area contributed by atoms with Crippen molar-refractivity contribution >= 4 is 17.5 Å². The molecule has 1 N–H and O–H groups in total. The van der Waals surface area contributed by atoms with Gasteiger partial charge in [-0.2, -0.15) is 9.97 Å². The predicted octanol–water partition coefficient (Wildman–Crippen LogP) is 3.07. The van der Waals surface area contributed by atoms with Crippen molar-refractivity contribution in [2.24, 2.45) is 0 Å². The lowest BCUT2D eigenvalue weighted by molar-refractivity contribution is 0.359. The Hall–Kier alpha value is -2.08. The van der Waals surface area contributed by atoms with Gasteiger partial charge in [0.1, 0.15) is 5.75 Å². The summed E-state index contributed by atoms with van der Waals surface area (Å²) in [6.45, 7) is 4.54. The first-order chi connectivity index (χ1) is 9.62. The summed E-state index contributed by atoms with van der Waals surface area (Å²) in [4.78, 5) is 12.3. The second-order valence-electron chi connectivity index (χ2n) is 3.97. The van der Waals surface area contributed by atoms with Crippen molar-refractivity contribution in [2.75, 3.05) is 19.0 Å². The number of hydrogen-bond donors (Lipinski definition) is 1. The second kappa shape index (κ2) is 6.38. The normalized spacial score (nSPS) is 10.2. The summed E-state index contributed by atoms with van der Waals surface area (Å²) in [6.07, 6.45) is 0. The SMILES string of the molecule is CCNc1nc(OC)nc(Oc2cc(Cl)ccc2C)n1. The quantitative estimate of drug-likeness (QED) is 0.914. The molecule has 1 aromatic heterocycles. The Morgan fingerprint density at radius 3 is 2.65 bits per heavy atom. The number of aryl methyl sites for hydroxylation is 1. The molecule has 0 amide bonds. The highest BCUT2D eigenvalue weighted by Crippen LogP contribution is 2.27. The molecule has 20 heavy (non-hydrogen) atoms. The van der Waals surface area contributed by atoms with Gasteiger partial charge in [0, 0.05) is 11.6 Å². The third kappa shape index (κ3) is 3.48. The molecule has 1 heterocycles. The highest BCUT2D eigenvalue weighted by molar-refractivity contribution is 6.30. The Morgan fingerprint density at radius 2 is 1.95 bits per heavy atom. The van der Waals surface area contributed by atoms with Gasteiger partial charge in [0.25, 0.3) is 0 Å². The fourth-order valence-electron chi connectivity index (χ4n) is 1.49. The molecule has 0 aliphatic heterocycles. The summed E-state index contributed by atoms with van der Waals surface area (Å²) < 4.78 is 10.7. The molecule has 2 rings (SSSR count). The van der Waals surface area contributed by atoms with E-state index in [4.69, 9.17) is 21.1 Å². The molecule has 0 aliphatic carbocycles. The first-order valence-corrected chi connectivity index (χ1v) is 6.48. The van der Waals surface area contributed by atoms with Crippen LogP contribution in [-0.2, 0) is 0 Å². The second-order valence-corrected chi connectivity index (χ2v) is 4.41. The van der Waals surface area contributed by atoms with Crippen LogP contribution in [0, 0.1) is 6.92 Å². The Balaban J connectivity index is 2.32. The van der Waals surface area contributed by atoms with Crippen LogP contribution >= 0.6 is 11.6 Å². The van der Waals surface area contributed by atoms with Crippen LogP contribution in [-0.4, -0.2) is 28.6 Å². The van der Waals surface area contributed by atoms with E-state index in [1.165, 1.54) is 7.11 Å². The average molecular weight is 295 g/mol. The summed E-state index contributed by atoms with van der Waals surface area (Å²) in [6, 6.07) is 5.70. The molecule has 0 fully saturated rings. The van der Waals surface area contributed by atoms with E-state index in [1.54, 1.807) is 12.1 Å². The molecule has 0 spiro atoms. The van der Waals surface area contributed by atoms with E-state index in [9.17, 15) is 0 Å². The molecule has 0 saturated heterocycles. The lowest BCUT2D eigenvalue weighted by Gasteiger charge is -2.09. The minimum absolute atomic E-state index is 0.151. The van der Waals surface area contributed by atoms with Gasteiger partial charge in [0.2, 0.25) is 5.95 Å². The average Bonchev–Trinajstić information content (AvgIpc) is 2.43. The highest BCUT2D eigenvalue weighted by atomic mass is 35.5. The maximum absolute atomic E-state index is 5.95. The number of nitrogens with one attached hydrogen (secondary N) is 1. The zero-order valence-electron chi connectivity index (χ0n) is 11.5. The van der Waals surface area contributed by atoms with Crippen molar-refractivity contribution in [1.82, 2.24) is 15.0 Å². The third-order valence-electron chi connectivity index (χ3n) is 2.46. The number of benzene rings is 1. The Bertz CT molecular complexity index is 607. The van der Waals surface area contributed by atoms with Crippen LogP contribution in [0.2, 0.25) is 5.02 Å². The molecule has 6 nitrogen and oxygen atoms in total. The third-order valence-corrected chi connectivity index (χ3v) is 2.70. The monoisotopic (exact) mass is 294 g/mol. The zero-order valence-corrected chi connectivity index (χ0v) is 12.2. The molecule has 0 atom stereocenters. The van der Waals surface area contributed by atoms with Crippen molar-refractivity contribution in [1.29, 1.82) is 0 Å². The van der Waals surface area contributed by atoms with Crippen LogP contribution in [0.5, 0.6) is 17.8 Å². The molecule has 106 valence electrons. The van der Waals surface area contributed by atoms with Crippen molar-refractivity contribution in [3.05, 3.63) is 28.8 Å². The number of nitrogens with zero attached hydrogens (tertiary/aromatic N) is 3. The molecule has 0 bridgehead atoms. The van der Waals surface area contributed by atoms with Crippen molar-refractivity contribution in [3.63, 3.8) is 0 Å². The van der Waals surface area contributed by atoms with Crippen LogP contribution < -0.4 is 14.8 Å². The summed E-state index contributed by atoms with van der Waals surface area (Å²) in [5, 5.41) is 3.57. The van der Waals surface area contributed by atoms with Crippen LogP contribution in [0.25, 0.3) is 0 Å². The summed E-state index contributed by atoms with van der Waals surface area (Å²) in [7, 11) is 1.49. The van der Waals surface area contributed by atoms with Gasteiger partial charge in [-0.15, -0.1) is 4.98 Å². The molecule has 1 aromatic carbocycles. The zero-order chi connectivity index (χ0) is 14.5. The topological polar surface area (TPSA) is 69.2 Å². The molecule has 0 aliphatic rings. The van der Waals surface area contributed by atoms with E-state index in [0.717, 1.165) is 5.56 Å². The fraction of sp³-hybridized carbons (Fsp3) is 0.308. The van der Waals surface area contributed by atoms with E-state index in [2.05, 4.69) is 20.3 Å². The van der Waals surface area contributed by atoms with Gasteiger partial charge >= 0.3 is 12.0 Å². The maximum atomic E-state index is 5.95. The van der Waals surface area contributed by atoms with Gasteiger partial charge in [-0.3, -0.25) is 0 Å². The van der Waals surface area contributed by atoms with Crippen LogP contribution in [0.15, 0.2) is 18.2 Å². The molecular formula is C13H15ClN4O2. The van der Waals surface area contributed by atoms with E-state index in [1.807, 2.05) is 19.9 Å². The Labute approximate surface area is 122 Å². The Kier molecular flexibility index (Phi) is 4.57. The molecule has 2 aromatic rings. The smallest absolute Gasteiger partial charge is 0.330 e. The summed E-state index contributed by atoms with van der Waals surface area (Å²) >= 11 is 5.95. The number of aromatic nitrogens is 3. The van der Waals surface area contributed by atoms with Gasteiger partial charge in [0.05, 0.1) is 7.11 Å². The number of ether oxygens (including phenoxy) is 2. The van der Waals surface area contributed by atoms with Crippen LogP contribution in [0.3, 0.4) is 0 Å². The Morgan fingerprint density at radius 1 is 1.20 bits per heavy atom. The number of halogens is 1. The maximum Gasteiger partial charge on any atom is 0.330 e. The van der Waals surface area contributed by atoms with Crippen molar-refractivity contribution in [3.8, 4) is 17.8 Å². The summed E-state index contributed by atoms with van der Waals surface area (Å²) in [5.41, 5.74) is 0.929. The fourth-order valence-corrected chi connectivity index (χ4v) is 1.66. The first-order valence-electron chi connectivity index (χ1n) is 6.10. The lowest BCUT2D eigenvalue weighted by Crippen LogP contribution is -2.06. The van der Waals surface area contributed by atoms with Crippen LogP contribution in [0.1, 0.15) is 12.5 Å². The molecule has 7 heteroatoms. The van der Waals surface area contributed by atoms with E-state index < -0.39 is 0 Å². The minimum Gasteiger partial charge on any atom is -0.467 e. The number of anilines is 1. The standard InChI is InChI=1S/C13H15ClN4O2/c1-4-15-11-16-12(19-3)18-13(17-11)20-10-7-9(14)6-5-8(10)2/h5-7H,4H2,1-3H3,(H,15,16,17,18). The van der Waals surface area contributed by atoms with Crippen molar-refractivity contribution < 1.29 is 9.47 Å². The summed E-state index contributed by atoms with van der Waals surface area (Å²) in [5.74, 6) is 0.988. The minimum atomic E-state index is 0.151. The highest BCUT2D eigenvalue weighted by Gasteiger charge is 2.10. The van der Waals surface area contributed by atoms with Gasteiger partial charge in [0.15, 0.2) is 0 Å². The largest absolute Gasteiger partial charge is 0.467 e.